The summed E-state index contributed by atoms with van der Waals surface area (Å²) in [5, 5.41) is 23.9. The second kappa shape index (κ2) is 9.15. The number of likely N-dealkylation sites (N-methyl/N-ethyl adjacent to an activating group) is 1. The molecule has 3 aliphatic heterocycles. The first-order chi connectivity index (χ1) is 17.5. The monoisotopic (exact) mass is 507 g/mol. The minimum atomic E-state index is -1.42. The molecule has 2 amide bonds. The van der Waals surface area contributed by atoms with Crippen LogP contribution in [0.5, 0.6) is 5.75 Å². The van der Waals surface area contributed by atoms with Gasteiger partial charge in [-0.2, -0.15) is 0 Å². The zero-order chi connectivity index (χ0) is 26.6. The SMILES string of the molecule is C[C@@H](O)[C@H]1C(=O)N2C(C(=O)[O-])=C(COc3cccc4c(C[N+]5(C)CCC[C@@H]5C(N)=O)cccc34)[C@H](C)[C@H]12. The van der Waals surface area contributed by atoms with Gasteiger partial charge in [0.25, 0.3) is 5.91 Å². The molecule has 0 radical (unpaired) electrons. The number of hydrogen-bond acceptors (Lipinski definition) is 6. The fraction of sp³-hybridized carbons (Fsp3) is 0.464. The van der Waals surface area contributed by atoms with Gasteiger partial charge < -0.3 is 34.9 Å². The zero-order valence-electron chi connectivity index (χ0n) is 21.3. The number of aliphatic hydroxyl groups excluding tert-OH is 1. The molecule has 2 aromatic carbocycles. The molecule has 196 valence electrons. The van der Waals surface area contributed by atoms with Crippen molar-refractivity contribution in [2.45, 2.75) is 51.4 Å². The van der Waals surface area contributed by atoms with Crippen molar-refractivity contribution >= 4 is 28.6 Å². The highest BCUT2D eigenvalue weighted by Gasteiger charge is 2.58. The summed E-state index contributed by atoms with van der Waals surface area (Å²) >= 11 is 0. The molecule has 2 fully saturated rings. The van der Waals surface area contributed by atoms with Gasteiger partial charge in [-0.3, -0.25) is 9.59 Å². The molecule has 9 nitrogen and oxygen atoms in total. The van der Waals surface area contributed by atoms with Gasteiger partial charge in [-0.15, -0.1) is 0 Å². The van der Waals surface area contributed by atoms with Crippen LogP contribution in [0.3, 0.4) is 0 Å². The number of ether oxygens (including phenoxy) is 1. The molecule has 6 atom stereocenters. The van der Waals surface area contributed by atoms with E-state index in [1.165, 1.54) is 4.90 Å². The van der Waals surface area contributed by atoms with Crippen LogP contribution < -0.4 is 15.6 Å². The molecule has 0 spiro atoms. The highest BCUT2D eigenvalue weighted by atomic mass is 16.5. The van der Waals surface area contributed by atoms with Gasteiger partial charge in [0.15, 0.2) is 6.04 Å². The summed E-state index contributed by atoms with van der Waals surface area (Å²) in [5.74, 6) is -2.42. The summed E-state index contributed by atoms with van der Waals surface area (Å²) in [7, 11) is 2.07. The van der Waals surface area contributed by atoms with E-state index in [4.69, 9.17) is 10.5 Å². The number of aliphatic carboxylic acids is 1. The number of hydrogen-bond donors (Lipinski definition) is 2. The Bertz CT molecular complexity index is 1320. The van der Waals surface area contributed by atoms with Crippen molar-refractivity contribution in [1.82, 2.24) is 4.90 Å². The van der Waals surface area contributed by atoms with E-state index in [1.54, 1.807) is 6.92 Å². The van der Waals surface area contributed by atoms with E-state index >= 15 is 0 Å². The minimum absolute atomic E-state index is 0.0157. The topological polar surface area (TPSA) is 133 Å². The van der Waals surface area contributed by atoms with Gasteiger partial charge in [-0.1, -0.05) is 37.3 Å². The van der Waals surface area contributed by atoms with Crippen LogP contribution in [-0.2, 0) is 20.9 Å². The number of aliphatic hydroxyl groups is 1. The maximum atomic E-state index is 12.6. The Hall–Kier alpha value is -3.43. The van der Waals surface area contributed by atoms with Crippen LogP contribution in [0.1, 0.15) is 32.3 Å². The summed E-state index contributed by atoms with van der Waals surface area (Å²) in [6, 6.07) is 11.1. The standard InChI is InChI=1S/C28H33N3O6/c1-15-20(25(28(35)36)30-24(15)23(16(2)32)27(30)34)14-37-22-11-5-8-18-17(7-4-9-19(18)22)13-31(3)12-6-10-21(31)26(29)33/h4-5,7-9,11,15-16,21,23-24,32H,6,10,12-14H2,1-3H3,(H2-,29,33,35,36)/t15-,16+,21+,23+,24+,31?/m0/s1. The van der Waals surface area contributed by atoms with Gasteiger partial charge in [-0.25, -0.2) is 0 Å². The predicted molar refractivity (Wildman–Crippen MR) is 133 cm³/mol. The summed E-state index contributed by atoms with van der Waals surface area (Å²) in [5.41, 5.74) is 7.11. The molecule has 1 unspecified atom stereocenters. The van der Waals surface area contributed by atoms with Gasteiger partial charge in [0.1, 0.15) is 18.9 Å². The first-order valence-corrected chi connectivity index (χ1v) is 12.8. The summed E-state index contributed by atoms with van der Waals surface area (Å²) in [6.07, 6.45) is 0.869. The molecular weight excluding hydrogens is 474 g/mol. The highest BCUT2D eigenvalue weighted by molar-refractivity contribution is 5.99. The largest absolute Gasteiger partial charge is 0.543 e. The Balaban J connectivity index is 1.43. The molecule has 0 aromatic heterocycles. The van der Waals surface area contributed by atoms with E-state index in [0.29, 0.717) is 22.4 Å². The average Bonchev–Trinajstić information content (AvgIpc) is 3.33. The molecule has 3 aliphatic rings. The smallest absolute Gasteiger partial charge is 0.275 e. The van der Waals surface area contributed by atoms with Crippen molar-refractivity contribution in [2.75, 3.05) is 20.2 Å². The lowest BCUT2D eigenvalue weighted by Crippen LogP contribution is -2.64. The third-order valence-electron chi connectivity index (χ3n) is 8.62. The van der Waals surface area contributed by atoms with Gasteiger partial charge in [0.2, 0.25) is 5.91 Å². The molecule has 3 N–H and O–H groups in total. The second-order valence-corrected chi connectivity index (χ2v) is 10.9. The molecule has 3 heterocycles. The lowest BCUT2D eigenvalue weighted by Gasteiger charge is -2.47. The van der Waals surface area contributed by atoms with Crippen molar-refractivity contribution in [3.63, 3.8) is 0 Å². The van der Waals surface area contributed by atoms with E-state index in [-0.39, 0.29) is 30.2 Å². The fourth-order valence-electron chi connectivity index (χ4n) is 6.73. The van der Waals surface area contributed by atoms with E-state index < -0.39 is 29.9 Å². The number of carboxylic acid groups (broad SMARTS) is 1. The molecule has 2 saturated heterocycles. The molecule has 5 rings (SSSR count). The molecule has 0 aliphatic carbocycles. The number of amides is 2. The van der Waals surface area contributed by atoms with Crippen molar-refractivity contribution < 1.29 is 33.8 Å². The van der Waals surface area contributed by atoms with Crippen molar-refractivity contribution in [3.05, 3.63) is 53.2 Å². The molecule has 2 aromatic rings. The number of nitrogens with zero attached hydrogens (tertiary/aromatic N) is 2. The van der Waals surface area contributed by atoms with Gasteiger partial charge in [-0.05, 0) is 23.9 Å². The number of nitrogens with two attached hydrogens (primary N) is 1. The molecule has 0 bridgehead atoms. The average molecular weight is 508 g/mol. The predicted octanol–water partition coefficient (Wildman–Crippen LogP) is 0.674. The van der Waals surface area contributed by atoms with Crippen LogP contribution in [-0.4, -0.2) is 70.7 Å². The number of benzene rings is 2. The van der Waals surface area contributed by atoms with E-state index in [2.05, 4.69) is 13.1 Å². The van der Waals surface area contributed by atoms with E-state index in [9.17, 15) is 24.6 Å². The summed E-state index contributed by atoms with van der Waals surface area (Å²) in [4.78, 5) is 37.9. The number of carboxylic acids is 1. The Labute approximate surface area is 215 Å². The molecular formula is C28H33N3O6. The number of fused-ring (bicyclic) bond motifs is 2. The minimum Gasteiger partial charge on any atom is -0.543 e. The maximum absolute atomic E-state index is 12.6. The van der Waals surface area contributed by atoms with Crippen LogP contribution in [0.25, 0.3) is 10.8 Å². The van der Waals surface area contributed by atoms with Crippen LogP contribution in [0.15, 0.2) is 47.7 Å². The number of carbonyl (C=O) groups is 3. The second-order valence-electron chi connectivity index (χ2n) is 10.9. The third kappa shape index (κ3) is 3.97. The number of rotatable bonds is 8. The highest BCUT2D eigenvalue weighted by Crippen LogP contribution is 2.47. The number of β-lactam (4-membered cyclic amide) rings is 1. The zero-order valence-corrected chi connectivity index (χ0v) is 21.3. The number of quaternary nitrogens is 1. The molecule has 37 heavy (non-hydrogen) atoms. The van der Waals surface area contributed by atoms with E-state index in [0.717, 1.165) is 35.7 Å². The van der Waals surface area contributed by atoms with Crippen LogP contribution in [0.2, 0.25) is 0 Å². The molecule has 0 saturated carbocycles. The van der Waals surface area contributed by atoms with Crippen molar-refractivity contribution in [2.24, 2.45) is 17.6 Å². The lowest BCUT2D eigenvalue weighted by molar-refractivity contribution is -0.925. The number of primary amides is 1. The Morgan fingerprint density at radius 3 is 2.62 bits per heavy atom. The quantitative estimate of drug-likeness (QED) is 0.399. The Morgan fingerprint density at radius 1 is 1.24 bits per heavy atom. The third-order valence-corrected chi connectivity index (χ3v) is 8.62. The first kappa shape index (κ1) is 25.2. The van der Waals surface area contributed by atoms with Gasteiger partial charge in [0, 0.05) is 29.7 Å². The van der Waals surface area contributed by atoms with Gasteiger partial charge >= 0.3 is 0 Å². The number of likely N-dealkylation sites (tertiary alicyclic amines) is 1. The molecule has 9 heteroatoms. The Kier molecular flexibility index (Phi) is 6.24. The Morgan fingerprint density at radius 2 is 1.95 bits per heavy atom. The lowest BCUT2D eigenvalue weighted by atomic mass is 9.78. The van der Waals surface area contributed by atoms with Crippen LogP contribution in [0.4, 0.5) is 0 Å². The van der Waals surface area contributed by atoms with Gasteiger partial charge in [0.05, 0.1) is 43.3 Å². The summed E-state index contributed by atoms with van der Waals surface area (Å²) in [6.45, 7) is 4.92. The maximum Gasteiger partial charge on any atom is 0.275 e. The van der Waals surface area contributed by atoms with E-state index in [1.807, 2.05) is 37.3 Å². The van der Waals surface area contributed by atoms with Crippen molar-refractivity contribution in [1.29, 1.82) is 0 Å². The normalized spacial score (nSPS) is 29.8. The number of carbonyl (C=O) groups excluding carboxylic acids is 3. The van der Waals surface area contributed by atoms with Crippen LogP contribution in [0, 0.1) is 11.8 Å². The van der Waals surface area contributed by atoms with Crippen LogP contribution >= 0.6 is 0 Å². The fourth-order valence-corrected chi connectivity index (χ4v) is 6.73. The summed E-state index contributed by atoms with van der Waals surface area (Å²) < 4.78 is 6.75. The first-order valence-electron chi connectivity index (χ1n) is 12.8. The van der Waals surface area contributed by atoms with Crippen molar-refractivity contribution in [3.8, 4) is 5.75 Å².